The van der Waals surface area contributed by atoms with Crippen LogP contribution in [0.2, 0.25) is 0 Å². The van der Waals surface area contributed by atoms with E-state index in [9.17, 15) is 4.79 Å². The molecule has 1 aliphatic heterocycles. The number of rotatable bonds is 4. The minimum atomic E-state index is 0.0221. The zero-order chi connectivity index (χ0) is 13.7. The lowest BCUT2D eigenvalue weighted by molar-refractivity contribution is -0.121. The van der Waals surface area contributed by atoms with E-state index in [0.717, 1.165) is 24.4 Å². The van der Waals surface area contributed by atoms with E-state index in [1.54, 1.807) is 7.05 Å². The van der Waals surface area contributed by atoms with Gasteiger partial charge < -0.3 is 15.8 Å². The van der Waals surface area contributed by atoms with Crippen LogP contribution in [0.4, 0.5) is 0 Å². The Kier molecular flexibility index (Phi) is 4.76. The van der Waals surface area contributed by atoms with Gasteiger partial charge in [-0.25, -0.2) is 0 Å². The highest BCUT2D eigenvalue weighted by Crippen LogP contribution is 2.23. The van der Waals surface area contributed by atoms with Gasteiger partial charge in [0, 0.05) is 44.7 Å². The summed E-state index contributed by atoms with van der Waals surface area (Å²) in [6.07, 6.45) is 0.426. The summed E-state index contributed by atoms with van der Waals surface area (Å²) < 4.78 is 5.72. The van der Waals surface area contributed by atoms with Crippen LogP contribution in [0.15, 0.2) is 24.3 Å². The molecule has 1 amide bonds. The number of nitrogens with two attached hydrogens (primary N) is 1. The lowest BCUT2D eigenvalue weighted by atomic mass is 10.1. The molecule has 1 unspecified atom stereocenters. The van der Waals surface area contributed by atoms with Crippen LogP contribution in [0.1, 0.15) is 12.0 Å². The van der Waals surface area contributed by atoms with Gasteiger partial charge >= 0.3 is 0 Å². The normalized spacial score (nSPS) is 16.9. The van der Waals surface area contributed by atoms with E-state index in [2.05, 4.69) is 16.3 Å². The summed E-state index contributed by atoms with van der Waals surface area (Å²) in [6, 6.07) is 8.06. The number of ether oxygens (including phenoxy) is 1. The van der Waals surface area contributed by atoms with Crippen LogP contribution < -0.4 is 15.8 Å². The monoisotopic (exact) mass is 263 g/mol. The van der Waals surface area contributed by atoms with Crippen molar-refractivity contribution in [2.45, 2.75) is 19.0 Å². The molecule has 0 aromatic heterocycles. The Balaban J connectivity index is 2.09. The highest BCUT2D eigenvalue weighted by Gasteiger charge is 2.23. The van der Waals surface area contributed by atoms with Gasteiger partial charge in [-0.2, -0.15) is 0 Å². The zero-order valence-electron chi connectivity index (χ0n) is 11.3. The van der Waals surface area contributed by atoms with Crippen molar-refractivity contribution in [2.24, 2.45) is 5.73 Å². The van der Waals surface area contributed by atoms with E-state index < -0.39 is 0 Å². The number of benzene rings is 1. The largest absolute Gasteiger partial charge is 0.492 e. The molecular weight excluding hydrogens is 242 g/mol. The van der Waals surface area contributed by atoms with Crippen molar-refractivity contribution < 1.29 is 9.53 Å². The molecule has 0 saturated carbocycles. The fourth-order valence-corrected chi connectivity index (χ4v) is 2.34. The number of amides is 1. The maximum atomic E-state index is 11.5. The first-order valence-corrected chi connectivity index (χ1v) is 6.60. The molecule has 0 bridgehead atoms. The van der Waals surface area contributed by atoms with Crippen LogP contribution in [-0.2, 0) is 11.3 Å². The molecule has 0 radical (unpaired) electrons. The van der Waals surface area contributed by atoms with Gasteiger partial charge in [0.05, 0.1) is 0 Å². The minimum Gasteiger partial charge on any atom is -0.492 e. The summed E-state index contributed by atoms with van der Waals surface area (Å²) in [6.45, 7) is 2.65. The Morgan fingerprint density at radius 3 is 3.05 bits per heavy atom. The number of fused-ring (bicyclic) bond motifs is 1. The van der Waals surface area contributed by atoms with Crippen LogP contribution >= 0.6 is 0 Å². The average Bonchev–Trinajstić information content (AvgIpc) is 2.66. The SMILES string of the molecule is CNC(=O)CC(CN)N1CCOc2ccccc2C1. The topological polar surface area (TPSA) is 67.6 Å². The molecule has 1 heterocycles. The first kappa shape index (κ1) is 13.8. The van der Waals surface area contributed by atoms with Crippen molar-refractivity contribution >= 4 is 5.91 Å². The fraction of sp³-hybridized carbons (Fsp3) is 0.500. The summed E-state index contributed by atoms with van der Waals surface area (Å²) >= 11 is 0. The number of nitrogens with zero attached hydrogens (tertiary/aromatic N) is 1. The van der Waals surface area contributed by atoms with E-state index in [4.69, 9.17) is 10.5 Å². The zero-order valence-corrected chi connectivity index (χ0v) is 11.3. The van der Waals surface area contributed by atoms with E-state index in [-0.39, 0.29) is 11.9 Å². The van der Waals surface area contributed by atoms with Gasteiger partial charge in [-0.3, -0.25) is 9.69 Å². The Morgan fingerprint density at radius 1 is 1.53 bits per heavy atom. The second kappa shape index (κ2) is 6.54. The van der Waals surface area contributed by atoms with Crippen molar-refractivity contribution in [3.8, 4) is 5.75 Å². The first-order valence-electron chi connectivity index (χ1n) is 6.60. The second-order valence-corrected chi connectivity index (χ2v) is 4.69. The predicted molar refractivity (Wildman–Crippen MR) is 73.9 cm³/mol. The van der Waals surface area contributed by atoms with Crippen molar-refractivity contribution in [2.75, 3.05) is 26.7 Å². The smallest absolute Gasteiger partial charge is 0.221 e. The highest BCUT2D eigenvalue weighted by molar-refractivity contribution is 5.76. The molecule has 104 valence electrons. The molecule has 1 aliphatic rings. The molecule has 0 saturated heterocycles. The summed E-state index contributed by atoms with van der Waals surface area (Å²) in [7, 11) is 1.65. The molecule has 5 heteroatoms. The molecule has 19 heavy (non-hydrogen) atoms. The third-order valence-electron chi connectivity index (χ3n) is 3.47. The van der Waals surface area contributed by atoms with Crippen LogP contribution in [0.25, 0.3) is 0 Å². The Hall–Kier alpha value is -1.59. The Morgan fingerprint density at radius 2 is 2.32 bits per heavy atom. The number of nitrogens with one attached hydrogen (secondary N) is 1. The molecule has 2 rings (SSSR count). The molecule has 3 N–H and O–H groups in total. The summed E-state index contributed by atoms with van der Waals surface area (Å²) in [5, 5.41) is 2.65. The quantitative estimate of drug-likeness (QED) is 0.822. The molecule has 0 spiro atoms. The molecular formula is C14H21N3O2. The standard InChI is InChI=1S/C14H21N3O2/c1-16-14(18)8-12(9-15)17-6-7-19-13-5-3-2-4-11(13)10-17/h2-5,12H,6-10,15H2,1H3,(H,16,18). The number of hydrogen-bond donors (Lipinski definition) is 2. The van der Waals surface area contributed by atoms with Gasteiger partial charge in [0.15, 0.2) is 0 Å². The Labute approximate surface area is 113 Å². The van der Waals surface area contributed by atoms with Crippen LogP contribution in [0.3, 0.4) is 0 Å². The van der Waals surface area contributed by atoms with Crippen molar-refractivity contribution in [1.29, 1.82) is 0 Å². The molecule has 0 fully saturated rings. The first-order chi connectivity index (χ1) is 9.24. The van der Waals surface area contributed by atoms with E-state index >= 15 is 0 Å². The third-order valence-corrected chi connectivity index (χ3v) is 3.47. The maximum Gasteiger partial charge on any atom is 0.221 e. The van der Waals surface area contributed by atoms with Crippen molar-refractivity contribution in [3.05, 3.63) is 29.8 Å². The summed E-state index contributed by atoms with van der Waals surface area (Å²) in [4.78, 5) is 13.8. The molecule has 5 nitrogen and oxygen atoms in total. The molecule has 0 aliphatic carbocycles. The average molecular weight is 263 g/mol. The van der Waals surface area contributed by atoms with Gasteiger partial charge in [0.2, 0.25) is 5.91 Å². The maximum absolute atomic E-state index is 11.5. The lowest BCUT2D eigenvalue weighted by Crippen LogP contribution is -2.44. The van der Waals surface area contributed by atoms with E-state index in [1.165, 1.54) is 0 Å². The number of hydrogen-bond acceptors (Lipinski definition) is 4. The third kappa shape index (κ3) is 3.45. The summed E-state index contributed by atoms with van der Waals surface area (Å²) in [5.41, 5.74) is 6.96. The number of para-hydroxylation sites is 1. The second-order valence-electron chi connectivity index (χ2n) is 4.69. The lowest BCUT2D eigenvalue weighted by Gasteiger charge is -2.28. The van der Waals surface area contributed by atoms with E-state index in [1.807, 2.05) is 18.2 Å². The van der Waals surface area contributed by atoms with Crippen LogP contribution in [0, 0.1) is 0 Å². The van der Waals surface area contributed by atoms with Crippen molar-refractivity contribution in [1.82, 2.24) is 10.2 Å². The van der Waals surface area contributed by atoms with Crippen molar-refractivity contribution in [3.63, 3.8) is 0 Å². The van der Waals surface area contributed by atoms with Crippen LogP contribution in [-0.4, -0.2) is 43.6 Å². The van der Waals surface area contributed by atoms with Gasteiger partial charge in [0.25, 0.3) is 0 Å². The van der Waals surface area contributed by atoms with Gasteiger partial charge in [-0.05, 0) is 6.07 Å². The molecule has 1 aromatic rings. The minimum absolute atomic E-state index is 0.0221. The number of carbonyl (C=O) groups excluding carboxylic acids is 1. The predicted octanol–water partition coefficient (Wildman–Crippen LogP) is 0.344. The fourth-order valence-electron chi connectivity index (χ4n) is 2.34. The van der Waals surface area contributed by atoms with Gasteiger partial charge in [0.1, 0.15) is 12.4 Å². The summed E-state index contributed by atoms with van der Waals surface area (Å²) in [5.74, 6) is 0.953. The van der Waals surface area contributed by atoms with Gasteiger partial charge in [-0.1, -0.05) is 18.2 Å². The Bertz CT molecular complexity index is 436. The highest BCUT2D eigenvalue weighted by atomic mass is 16.5. The van der Waals surface area contributed by atoms with Crippen LogP contribution in [0.5, 0.6) is 5.75 Å². The number of carbonyl (C=O) groups is 1. The van der Waals surface area contributed by atoms with E-state index in [0.29, 0.717) is 19.6 Å². The molecule has 1 atom stereocenters. The van der Waals surface area contributed by atoms with Gasteiger partial charge in [-0.15, -0.1) is 0 Å². The molecule has 1 aromatic carbocycles.